The second-order valence-electron chi connectivity index (χ2n) is 6.98. The summed E-state index contributed by atoms with van der Waals surface area (Å²) < 4.78 is 18.6. The number of hydrogen-bond acceptors (Lipinski definition) is 5. The zero-order valence-corrected chi connectivity index (χ0v) is 15.3. The van der Waals surface area contributed by atoms with Gasteiger partial charge in [0.05, 0.1) is 5.92 Å². The van der Waals surface area contributed by atoms with E-state index in [1.54, 1.807) is 24.0 Å². The van der Waals surface area contributed by atoms with Gasteiger partial charge in [-0.1, -0.05) is 5.16 Å². The molecule has 1 saturated heterocycles. The van der Waals surface area contributed by atoms with Gasteiger partial charge in [0.25, 0.3) is 0 Å². The highest BCUT2D eigenvalue weighted by Crippen LogP contribution is 2.24. The predicted octanol–water partition coefficient (Wildman–Crippen LogP) is 2.83. The van der Waals surface area contributed by atoms with E-state index in [1.165, 1.54) is 6.07 Å². The molecule has 0 spiro atoms. The highest BCUT2D eigenvalue weighted by Gasteiger charge is 2.32. The Morgan fingerprint density at radius 3 is 2.85 bits per heavy atom. The summed E-state index contributed by atoms with van der Waals surface area (Å²) in [5, 5.41) is 13.1. The average molecular weight is 375 g/mol. The van der Waals surface area contributed by atoms with Crippen molar-refractivity contribution in [2.24, 2.45) is 5.92 Å². The number of amides is 1. The maximum absolute atomic E-state index is 13.4. The molecule has 7 nitrogen and oxygen atoms in total. The Labute approximate surface area is 156 Å². The molecule has 3 rings (SSSR count). The molecule has 1 aromatic carbocycles. The molecule has 0 radical (unpaired) electrons. The van der Waals surface area contributed by atoms with Gasteiger partial charge in [0.1, 0.15) is 5.82 Å². The zero-order chi connectivity index (χ0) is 19.6. The third-order valence-corrected chi connectivity index (χ3v) is 4.99. The fourth-order valence-electron chi connectivity index (χ4n) is 3.27. The summed E-state index contributed by atoms with van der Waals surface area (Å²) in [5.41, 5.74) is 1.13. The SMILES string of the molecule is Cc1cc(-c2noc(CCC(=O)N3CC(C(=O)O)CCC3C)n2)ccc1F. The number of rotatable bonds is 5. The topological polar surface area (TPSA) is 96.5 Å². The van der Waals surface area contributed by atoms with Crippen LogP contribution in [0.2, 0.25) is 0 Å². The highest BCUT2D eigenvalue weighted by molar-refractivity contribution is 5.78. The maximum atomic E-state index is 13.4. The second kappa shape index (κ2) is 7.85. The Morgan fingerprint density at radius 1 is 1.37 bits per heavy atom. The van der Waals surface area contributed by atoms with Gasteiger partial charge in [-0.25, -0.2) is 4.39 Å². The molecule has 1 aromatic heterocycles. The zero-order valence-electron chi connectivity index (χ0n) is 15.3. The molecule has 144 valence electrons. The minimum atomic E-state index is -0.865. The number of carboxylic acids is 1. The maximum Gasteiger partial charge on any atom is 0.308 e. The third kappa shape index (κ3) is 4.32. The number of aliphatic carboxylic acids is 1. The van der Waals surface area contributed by atoms with Crippen molar-refractivity contribution in [2.75, 3.05) is 6.54 Å². The van der Waals surface area contributed by atoms with Crippen LogP contribution >= 0.6 is 0 Å². The summed E-state index contributed by atoms with van der Waals surface area (Å²) in [7, 11) is 0. The van der Waals surface area contributed by atoms with Gasteiger partial charge < -0.3 is 14.5 Å². The van der Waals surface area contributed by atoms with Gasteiger partial charge in [-0.3, -0.25) is 9.59 Å². The lowest BCUT2D eigenvalue weighted by atomic mass is 9.93. The number of carbonyl (C=O) groups is 2. The van der Waals surface area contributed by atoms with Crippen molar-refractivity contribution in [3.8, 4) is 11.4 Å². The van der Waals surface area contributed by atoms with Crippen LogP contribution < -0.4 is 0 Å². The first-order valence-corrected chi connectivity index (χ1v) is 8.96. The number of likely N-dealkylation sites (tertiary alicyclic amines) is 1. The molecule has 2 heterocycles. The molecule has 8 heteroatoms. The molecule has 0 bridgehead atoms. The van der Waals surface area contributed by atoms with Crippen LogP contribution in [0.25, 0.3) is 11.4 Å². The molecular weight excluding hydrogens is 353 g/mol. The molecule has 1 fully saturated rings. The fraction of sp³-hybridized carbons (Fsp3) is 0.474. The lowest BCUT2D eigenvalue weighted by Gasteiger charge is -2.36. The van der Waals surface area contributed by atoms with Crippen LogP contribution in [0.15, 0.2) is 22.7 Å². The van der Waals surface area contributed by atoms with E-state index in [4.69, 9.17) is 4.52 Å². The summed E-state index contributed by atoms with van der Waals surface area (Å²) >= 11 is 0. The lowest BCUT2D eigenvalue weighted by molar-refractivity contribution is -0.147. The van der Waals surface area contributed by atoms with E-state index >= 15 is 0 Å². The van der Waals surface area contributed by atoms with Gasteiger partial charge in [0.2, 0.25) is 17.6 Å². The van der Waals surface area contributed by atoms with Crippen LogP contribution in [0.5, 0.6) is 0 Å². The van der Waals surface area contributed by atoms with E-state index < -0.39 is 11.9 Å². The van der Waals surface area contributed by atoms with Crippen LogP contribution in [0.4, 0.5) is 4.39 Å². The number of nitrogens with zero attached hydrogens (tertiary/aromatic N) is 3. The molecular formula is C19H22FN3O4. The number of hydrogen-bond donors (Lipinski definition) is 1. The first-order valence-electron chi connectivity index (χ1n) is 8.96. The van der Waals surface area contributed by atoms with Crippen molar-refractivity contribution in [1.82, 2.24) is 15.0 Å². The molecule has 1 N–H and O–H groups in total. The number of benzene rings is 1. The van der Waals surface area contributed by atoms with Crippen molar-refractivity contribution < 1.29 is 23.6 Å². The standard InChI is InChI=1S/C19H22FN3O4/c1-11-9-13(5-6-15(11)20)18-21-16(27-22-18)7-8-17(24)23-10-14(19(25)26)4-3-12(23)2/h5-6,9,12,14H,3-4,7-8,10H2,1-2H3,(H,25,26). The molecule has 2 unspecified atom stereocenters. The third-order valence-electron chi connectivity index (χ3n) is 4.99. The van der Waals surface area contributed by atoms with Crippen molar-refractivity contribution in [2.45, 2.75) is 45.6 Å². The van der Waals surface area contributed by atoms with Gasteiger partial charge in [-0.05, 0) is 50.5 Å². The van der Waals surface area contributed by atoms with Gasteiger partial charge in [0.15, 0.2) is 0 Å². The molecule has 1 aliphatic heterocycles. The highest BCUT2D eigenvalue weighted by atomic mass is 19.1. The molecule has 1 aliphatic rings. The van der Waals surface area contributed by atoms with Gasteiger partial charge in [-0.15, -0.1) is 0 Å². The van der Waals surface area contributed by atoms with Crippen LogP contribution in [0.3, 0.4) is 0 Å². The summed E-state index contributed by atoms with van der Waals surface area (Å²) in [5.74, 6) is -1.13. The Kier molecular flexibility index (Phi) is 5.53. The molecule has 1 amide bonds. The van der Waals surface area contributed by atoms with E-state index in [1.807, 2.05) is 6.92 Å². The van der Waals surface area contributed by atoms with Crippen LogP contribution in [0.1, 0.15) is 37.6 Å². The van der Waals surface area contributed by atoms with Crippen molar-refractivity contribution in [3.63, 3.8) is 0 Å². The van der Waals surface area contributed by atoms with Crippen molar-refractivity contribution in [3.05, 3.63) is 35.5 Å². The van der Waals surface area contributed by atoms with Crippen molar-refractivity contribution in [1.29, 1.82) is 0 Å². The normalized spacial score (nSPS) is 19.9. The molecule has 2 atom stereocenters. The van der Waals surface area contributed by atoms with E-state index in [2.05, 4.69) is 10.1 Å². The van der Waals surface area contributed by atoms with Crippen LogP contribution in [0, 0.1) is 18.7 Å². The number of aromatic nitrogens is 2. The van der Waals surface area contributed by atoms with Gasteiger partial charge in [-0.2, -0.15) is 4.98 Å². The Hall–Kier alpha value is -2.77. The van der Waals surface area contributed by atoms with E-state index in [9.17, 15) is 19.1 Å². The molecule has 0 aliphatic carbocycles. The second-order valence-corrected chi connectivity index (χ2v) is 6.98. The number of piperidine rings is 1. The molecule has 0 saturated carbocycles. The minimum Gasteiger partial charge on any atom is -0.481 e. The monoisotopic (exact) mass is 375 g/mol. The summed E-state index contributed by atoms with van der Waals surface area (Å²) in [4.78, 5) is 29.6. The average Bonchev–Trinajstić information content (AvgIpc) is 3.11. The number of carbonyl (C=O) groups excluding carboxylic acids is 1. The number of halogens is 1. The van der Waals surface area contributed by atoms with E-state index in [0.717, 1.165) is 0 Å². The van der Waals surface area contributed by atoms with Gasteiger partial charge in [0, 0.05) is 31.0 Å². The number of carboxylic acid groups (broad SMARTS) is 1. The number of aryl methyl sites for hydroxylation is 2. The summed E-state index contributed by atoms with van der Waals surface area (Å²) in [6.45, 7) is 3.82. The molecule has 27 heavy (non-hydrogen) atoms. The van der Waals surface area contributed by atoms with E-state index in [0.29, 0.717) is 35.7 Å². The quantitative estimate of drug-likeness (QED) is 0.863. The largest absolute Gasteiger partial charge is 0.481 e. The fourth-order valence-corrected chi connectivity index (χ4v) is 3.27. The van der Waals surface area contributed by atoms with Crippen molar-refractivity contribution >= 4 is 11.9 Å². The predicted molar refractivity (Wildman–Crippen MR) is 94.3 cm³/mol. The Bertz CT molecular complexity index is 851. The van der Waals surface area contributed by atoms with Gasteiger partial charge >= 0.3 is 5.97 Å². The Morgan fingerprint density at radius 2 is 2.15 bits per heavy atom. The summed E-state index contributed by atoms with van der Waals surface area (Å²) in [6, 6.07) is 4.58. The summed E-state index contributed by atoms with van der Waals surface area (Å²) in [6.07, 6.45) is 1.70. The Balaban J connectivity index is 1.61. The molecule has 2 aromatic rings. The van der Waals surface area contributed by atoms with E-state index in [-0.39, 0.29) is 37.2 Å². The van der Waals surface area contributed by atoms with Crippen LogP contribution in [-0.2, 0) is 16.0 Å². The minimum absolute atomic E-state index is 0.0218. The smallest absolute Gasteiger partial charge is 0.308 e. The first kappa shape index (κ1) is 19.0. The first-order chi connectivity index (χ1) is 12.8. The van der Waals surface area contributed by atoms with Crippen LogP contribution in [-0.4, -0.2) is 44.6 Å². The lowest BCUT2D eigenvalue weighted by Crippen LogP contribution is -2.47.